The predicted molar refractivity (Wildman–Crippen MR) is 96.9 cm³/mol. The SMILES string of the molecule is CCOc1ccc(C(=O)N/N=C\c2cccc(OCC)c2OC(F)F)cc1. The van der Waals surface area contributed by atoms with Crippen molar-refractivity contribution in [2.24, 2.45) is 5.10 Å². The molecule has 0 heterocycles. The lowest BCUT2D eigenvalue weighted by Gasteiger charge is -2.13. The molecule has 0 atom stereocenters. The molecule has 6 nitrogen and oxygen atoms in total. The highest BCUT2D eigenvalue weighted by molar-refractivity contribution is 5.95. The molecule has 2 rings (SSSR count). The zero-order valence-electron chi connectivity index (χ0n) is 14.9. The fraction of sp³-hybridized carbons (Fsp3) is 0.263. The van der Waals surface area contributed by atoms with Crippen molar-refractivity contribution in [1.29, 1.82) is 0 Å². The summed E-state index contributed by atoms with van der Waals surface area (Å²) in [5.74, 6) is 0.221. The van der Waals surface area contributed by atoms with Gasteiger partial charge in [0.25, 0.3) is 5.91 Å². The Balaban J connectivity index is 2.10. The summed E-state index contributed by atoms with van der Waals surface area (Å²) in [5.41, 5.74) is 2.96. The van der Waals surface area contributed by atoms with Crippen LogP contribution in [0.1, 0.15) is 29.8 Å². The van der Waals surface area contributed by atoms with Gasteiger partial charge in [-0.05, 0) is 50.2 Å². The third kappa shape index (κ3) is 5.95. The number of para-hydroxylation sites is 1. The molecule has 8 heteroatoms. The summed E-state index contributed by atoms with van der Waals surface area (Å²) in [6, 6.07) is 11.2. The topological polar surface area (TPSA) is 69.2 Å². The third-order valence-electron chi connectivity index (χ3n) is 3.31. The van der Waals surface area contributed by atoms with E-state index >= 15 is 0 Å². The van der Waals surface area contributed by atoms with Gasteiger partial charge in [-0.25, -0.2) is 5.43 Å². The quantitative estimate of drug-likeness (QED) is 0.532. The number of hydrazone groups is 1. The predicted octanol–water partition coefficient (Wildman–Crippen LogP) is 3.85. The molecule has 0 saturated heterocycles. The molecule has 27 heavy (non-hydrogen) atoms. The van der Waals surface area contributed by atoms with E-state index < -0.39 is 12.5 Å². The summed E-state index contributed by atoms with van der Waals surface area (Å²) < 4.78 is 40.5. The Bertz CT molecular complexity index is 780. The Morgan fingerprint density at radius 3 is 2.44 bits per heavy atom. The van der Waals surface area contributed by atoms with Gasteiger partial charge in [0.1, 0.15) is 5.75 Å². The van der Waals surface area contributed by atoms with Crippen LogP contribution in [0.3, 0.4) is 0 Å². The smallest absolute Gasteiger partial charge is 0.387 e. The molecule has 1 N–H and O–H groups in total. The molecular formula is C19H20F2N2O4. The van der Waals surface area contributed by atoms with Crippen molar-refractivity contribution in [2.45, 2.75) is 20.5 Å². The van der Waals surface area contributed by atoms with E-state index in [1.54, 1.807) is 37.3 Å². The van der Waals surface area contributed by atoms with Gasteiger partial charge in [0, 0.05) is 11.1 Å². The van der Waals surface area contributed by atoms with Crippen LogP contribution in [-0.2, 0) is 0 Å². The lowest BCUT2D eigenvalue weighted by molar-refractivity contribution is -0.0515. The number of rotatable bonds is 9. The highest BCUT2D eigenvalue weighted by Gasteiger charge is 2.14. The summed E-state index contributed by atoms with van der Waals surface area (Å²) in [4.78, 5) is 12.1. The van der Waals surface area contributed by atoms with Crippen molar-refractivity contribution in [3.63, 3.8) is 0 Å². The molecule has 2 aromatic rings. The molecule has 0 saturated carbocycles. The second kappa shape index (κ2) is 10.1. The van der Waals surface area contributed by atoms with Gasteiger partial charge in [-0.3, -0.25) is 4.79 Å². The number of carbonyl (C=O) groups is 1. The van der Waals surface area contributed by atoms with Gasteiger partial charge >= 0.3 is 6.61 Å². The van der Waals surface area contributed by atoms with Crippen LogP contribution >= 0.6 is 0 Å². The molecule has 0 spiro atoms. The van der Waals surface area contributed by atoms with Crippen LogP contribution in [0.5, 0.6) is 17.2 Å². The monoisotopic (exact) mass is 378 g/mol. The number of hydrogen-bond acceptors (Lipinski definition) is 5. The lowest BCUT2D eigenvalue weighted by atomic mass is 10.2. The largest absolute Gasteiger partial charge is 0.494 e. The van der Waals surface area contributed by atoms with E-state index in [2.05, 4.69) is 15.3 Å². The highest BCUT2D eigenvalue weighted by atomic mass is 19.3. The van der Waals surface area contributed by atoms with Gasteiger partial charge < -0.3 is 14.2 Å². The van der Waals surface area contributed by atoms with Crippen LogP contribution in [0.25, 0.3) is 0 Å². The Morgan fingerprint density at radius 1 is 1.11 bits per heavy atom. The van der Waals surface area contributed by atoms with E-state index in [0.717, 1.165) is 0 Å². The highest BCUT2D eigenvalue weighted by Crippen LogP contribution is 2.31. The first kappa shape index (κ1) is 20.2. The van der Waals surface area contributed by atoms with E-state index in [9.17, 15) is 13.6 Å². The van der Waals surface area contributed by atoms with E-state index in [-0.39, 0.29) is 23.7 Å². The Morgan fingerprint density at radius 2 is 1.81 bits per heavy atom. The maximum absolute atomic E-state index is 12.7. The van der Waals surface area contributed by atoms with E-state index in [1.807, 2.05) is 6.92 Å². The summed E-state index contributed by atoms with van der Waals surface area (Å²) in [6.07, 6.45) is 1.21. The molecule has 0 aromatic heterocycles. The number of hydrogen-bond donors (Lipinski definition) is 1. The van der Waals surface area contributed by atoms with Gasteiger partial charge in [0.15, 0.2) is 11.5 Å². The molecule has 1 amide bonds. The van der Waals surface area contributed by atoms with Crippen LogP contribution in [0.15, 0.2) is 47.6 Å². The Hall–Kier alpha value is -3.16. The van der Waals surface area contributed by atoms with Crippen molar-refractivity contribution >= 4 is 12.1 Å². The standard InChI is InChI=1S/C19H20F2N2O4/c1-3-25-15-10-8-13(9-11-15)18(24)23-22-12-14-6-5-7-16(26-4-2)17(14)27-19(20)21/h5-12,19H,3-4H2,1-2H3,(H,23,24)/b22-12-. The van der Waals surface area contributed by atoms with Gasteiger partial charge in [-0.15, -0.1) is 0 Å². The maximum atomic E-state index is 12.7. The molecule has 0 fully saturated rings. The number of ether oxygens (including phenoxy) is 3. The van der Waals surface area contributed by atoms with Crippen LogP contribution in [0.4, 0.5) is 8.78 Å². The van der Waals surface area contributed by atoms with E-state index in [4.69, 9.17) is 9.47 Å². The maximum Gasteiger partial charge on any atom is 0.387 e. The molecule has 0 aliphatic rings. The van der Waals surface area contributed by atoms with E-state index in [1.165, 1.54) is 18.3 Å². The summed E-state index contributed by atoms with van der Waals surface area (Å²) >= 11 is 0. The van der Waals surface area contributed by atoms with Crippen LogP contribution in [0, 0.1) is 0 Å². The third-order valence-corrected chi connectivity index (χ3v) is 3.31. The number of alkyl halides is 2. The second-order valence-electron chi connectivity index (χ2n) is 5.14. The molecule has 2 aromatic carbocycles. The number of halogens is 2. The summed E-state index contributed by atoms with van der Waals surface area (Å²) in [7, 11) is 0. The number of carbonyl (C=O) groups excluding carboxylic acids is 1. The van der Waals surface area contributed by atoms with Gasteiger partial charge in [0.2, 0.25) is 0 Å². The van der Waals surface area contributed by atoms with Crippen molar-refractivity contribution in [3.8, 4) is 17.2 Å². The zero-order valence-corrected chi connectivity index (χ0v) is 14.9. The number of nitrogens with one attached hydrogen (secondary N) is 1. The molecule has 0 aliphatic carbocycles. The first-order valence-electron chi connectivity index (χ1n) is 8.32. The summed E-state index contributed by atoms with van der Waals surface area (Å²) in [5, 5.41) is 3.81. The summed E-state index contributed by atoms with van der Waals surface area (Å²) in [6.45, 7) is 1.39. The Labute approximate surface area is 155 Å². The molecule has 0 aliphatic heterocycles. The minimum Gasteiger partial charge on any atom is -0.494 e. The Kier molecular flexibility index (Phi) is 7.54. The number of nitrogens with zero attached hydrogens (tertiary/aromatic N) is 1. The minimum atomic E-state index is -3.02. The first-order chi connectivity index (χ1) is 13.0. The fourth-order valence-corrected chi connectivity index (χ4v) is 2.21. The van der Waals surface area contributed by atoms with Gasteiger partial charge in [-0.1, -0.05) is 6.07 Å². The lowest BCUT2D eigenvalue weighted by Crippen LogP contribution is -2.17. The number of amides is 1. The second-order valence-corrected chi connectivity index (χ2v) is 5.14. The van der Waals surface area contributed by atoms with Crippen LogP contribution in [0.2, 0.25) is 0 Å². The molecule has 0 bridgehead atoms. The van der Waals surface area contributed by atoms with Crippen molar-refractivity contribution in [2.75, 3.05) is 13.2 Å². The molecule has 144 valence electrons. The first-order valence-corrected chi connectivity index (χ1v) is 8.32. The molecular weight excluding hydrogens is 358 g/mol. The zero-order chi connectivity index (χ0) is 19.6. The fourth-order valence-electron chi connectivity index (χ4n) is 2.21. The average Bonchev–Trinajstić information content (AvgIpc) is 2.64. The normalized spacial score (nSPS) is 10.9. The average molecular weight is 378 g/mol. The van der Waals surface area contributed by atoms with Crippen LogP contribution < -0.4 is 19.6 Å². The van der Waals surface area contributed by atoms with Gasteiger partial charge in [0.05, 0.1) is 19.4 Å². The van der Waals surface area contributed by atoms with Crippen molar-refractivity contribution in [3.05, 3.63) is 53.6 Å². The van der Waals surface area contributed by atoms with E-state index in [0.29, 0.717) is 17.9 Å². The molecule has 0 unspecified atom stereocenters. The van der Waals surface area contributed by atoms with Crippen LogP contribution in [-0.4, -0.2) is 31.9 Å². The van der Waals surface area contributed by atoms with Gasteiger partial charge in [-0.2, -0.15) is 13.9 Å². The van der Waals surface area contributed by atoms with Crippen molar-refractivity contribution < 1.29 is 27.8 Å². The number of benzene rings is 2. The van der Waals surface area contributed by atoms with Crippen molar-refractivity contribution in [1.82, 2.24) is 5.43 Å². The minimum absolute atomic E-state index is 0.145. The molecule has 0 radical (unpaired) electrons.